The van der Waals surface area contributed by atoms with Crippen molar-refractivity contribution in [3.8, 4) is 0 Å². The number of rotatable bonds is 4. The Hall–Kier alpha value is -2.06. The molecule has 0 spiro atoms. The van der Waals surface area contributed by atoms with Crippen molar-refractivity contribution in [3.05, 3.63) is 40.6 Å². The van der Waals surface area contributed by atoms with Crippen molar-refractivity contribution in [2.75, 3.05) is 4.72 Å². The number of hydrogen-bond donors (Lipinski definition) is 2. The van der Waals surface area contributed by atoms with Crippen LogP contribution < -0.4 is 4.72 Å². The van der Waals surface area contributed by atoms with E-state index < -0.39 is 20.9 Å². The highest BCUT2D eigenvalue weighted by Gasteiger charge is 2.30. The van der Waals surface area contributed by atoms with Gasteiger partial charge in [0, 0.05) is 0 Å². The number of carboxylic acids is 1. The molecule has 2 aromatic rings. The van der Waals surface area contributed by atoms with Crippen LogP contribution in [0.4, 0.5) is 5.69 Å². The quantitative estimate of drug-likeness (QED) is 0.833. The van der Waals surface area contributed by atoms with Crippen LogP contribution in [-0.4, -0.2) is 24.5 Å². The fourth-order valence-corrected chi connectivity index (χ4v) is 3.44. The maximum Gasteiger partial charge on any atom is 0.340 e. The number of aryl methyl sites for hydroxylation is 2. The molecule has 2 rings (SSSR count). The van der Waals surface area contributed by atoms with Crippen LogP contribution in [0.15, 0.2) is 27.6 Å². The Morgan fingerprint density at radius 2 is 2.00 bits per heavy atom. The average molecular weight is 331 g/mol. The minimum absolute atomic E-state index is 0.000627. The molecule has 0 aromatic carbocycles. The van der Waals surface area contributed by atoms with Crippen molar-refractivity contribution >= 4 is 33.3 Å². The van der Waals surface area contributed by atoms with Crippen LogP contribution in [0.3, 0.4) is 0 Å². The standard InChI is InChI=1S/C12H11ClN2O5S/c1-6-10(12(16)17)11(7(2)20-6)21(18,19)15-8-3-4-9(13)14-5-8/h3-5,15H,1-2H3,(H,16,17). The number of sulfonamides is 1. The first-order chi connectivity index (χ1) is 9.72. The molecule has 0 bridgehead atoms. The second kappa shape index (κ2) is 5.38. The van der Waals surface area contributed by atoms with E-state index in [2.05, 4.69) is 9.71 Å². The summed E-state index contributed by atoms with van der Waals surface area (Å²) < 4.78 is 32.1. The fraction of sp³-hybridized carbons (Fsp3) is 0.167. The summed E-state index contributed by atoms with van der Waals surface area (Å²) in [5.74, 6) is -1.35. The lowest BCUT2D eigenvalue weighted by atomic mass is 10.2. The van der Waals surface area contributed by atoms with E-state index in [0.29, 0.717) is 0 Å². The Morgan fingerprint density at radius 3 is 2.52 bits per heavy atom. The molecule has 0 saturated carbocycles. The third-order valence-corrected chi connectivity index (χ3v) is 4.42. The molecule has 0 radical (unpaired) electrons. The zero-order valence-corrected chi connectivity index (χ0v) is 12.6. The molecular weight excluding hydrogens is 320 g/mol. The third-order valence-electron chi connectivity index (χ3n) is 2.67. The van der Waals surface area contributed by atoms with Gasteiger partial charge < -0.3 is 9.52 Å². The molecule has 2 aromatic heterocycles. The molecule has 21 heavy (non-hydrogen) atoms. The topological polar surface area (TPSA) is 110 Å². The monoisotopic (exact) mass is 330 g/mol. The highest BCUT2D eigenvalue weighted by Crippen LogP contribution is 2.28. The molecule has 0 amide bonds. The summed E-state index contributed by atoms with van der Waals surface area (Å²) in [4.78, 5) is 14.6. The number of pyridine rings is 1. The smallest absolute Gasteiger partial charge is 0.340 e. The lowest BCUT2D eigenvalue weighted by Gasteiger charge is -2.07. The van der Waals surface area contributed by atoms with E-state index in [9.17, 15) is 13.2 Å². The van der Waals surface area contributed by atoms with Crippen LogP contribution >= 0.6 is 11.6 Å². The molecule has 0 aliphatic heterocycles. The summed E-state index contributed by atoms with van der Waals surface area (Å²) in [6.07, 6.45) is 1.22. The van der Waals surface area contributed by atoms with Gasteiger partial charge in [-0.15, -0.1) is 0 Å². The Balaban J connectivity index is 2.50. The zero-order chi connectivity index (χ0) is 15.8. The van der Waals surface area contributed by atoms with Gasteiger partial charge in [0.15, 0.2) is 0 Å². The van der Waals surface area contributed by atoms with Crippen LogP contribution in [-0.2, 0) is 10.0 Å². The van der Waals surface area contributed by atoms with E-state index in [1.54, 1.807) is 0 Å². The van der Waals surface area contributed by atoms with Gasteiger partial charge in [-0.05, 0) is 26.0 Å². The fourth-order valence-electron chi connectivity index (χ4n) is 1.88. The lowest BCUT2D eigenvalue weighted by Crippen LogP contribution is -2.17. The number of anilines is 1. The van der Waals surface area contributed by atoms with Crippen molar-refractivity contribution in [1.29, 1.82) is 0 Å². The van der Waals surface area contributed by atoms with Crippen molar-refractivity contribution in [2.45, 2.75) is 18.7 Å². The SMILES string of the molecule is Cc1oc(C)c(S(=O)(=O)Nc2ccc(Cl)nc2)c1C(=O)O. The highest BCUT2D eigenvalue weighted by atomic mass is 35.5. The summed E-state index contributed by atoms with van der Waals surface area (Å²) >= 11 is 5.61. The van der Waals surface area contributed by atoms with E-state index in [1.165, 1.54) is 32.2 Å². The molecule has 9 heteroatoms. The minimum atomic E-state index is -4.12. The normalized spacial score (nSPS) is 11.4. The van der Waals surface area contributed by atoms with Crippen LogP contribution in [0.25, 0.3) is 0 Å². The van der Waals surface area contributed by atoms with E-state index in [-0.39, 0.29) is 27.9 Å². The minimum Gasteiger partial charge on any atom is -0.478 e. The first-order valence-corrected chi connectivity index (χ1v) is 7.56. The molecule has 2 heterocycles. The zero-order valence-electron chi connectivity index (χ0n) is 11.0. The van der Waals surface area contributed by atoms with Gasteiger partial charge in [-0.1, -0.05) is 11.6 Å². The number of halogens is 1. The Morgan fingerprint density at radius 1 is 1.33 bits per heavy atom. The molecule has 2 N–H and O–H groups in total. The number of aromatic carboxylic acids is 1. The third kappa shape index (κ3) is 3.01. The van der Waals surface area contributed by atoms with Crippen LogP contribution in [0, 0.1) is 13.8 Å². The first kappa shape index (κ1) is 15.3. The Labute approximate surface area is 125 Å². The summed E-state index contributed by atoms with van der Waals surface area (Å²) in [6.45, 7) is 2.77. The van der Waals surface area contributed by atoms with Gasteiger partial charge in [-0.3, -0.25) is 4.72 Å². The average Bonchev–Trinajstić information content (AvgIpc) is 2.67. The molecule has 0 aliphatic carbocycles. The molecular formula is C12H11ClN2O5S. The summed E-state index contributed by atoms with van der Waals surface area (Å²) in [7, 11) is -4.12. The predicted octanol–water partition coefficient (Wildman–Crippen LogP) is 2.44. The number of carbonyl (C=O) groups is 1. The number of aromatic nitrogens is 1. The van der Waals surface area contributed by atoms with Crippen molar-refractivity contribution in [2.24, 2.45) is 0 Å². The van der Waals surface area contributed by atoms with Gasteiger partial charge >= 0.3 is 5.97 Å². The van der Waals surface area contributed by atoms with Gasteiger partial charge in [0.2, 0.25) is 0 Å². The summed E-state index contributed by atoms with van der Waals surface area (Å²) in [5.41, 5.74) is -0.226. The van der Waals surface area contributed by atoms with Crippen molar-refractivity contribution < 1.29 is 22.7 Å². The highest BCUT2D eigenvalue weighted by molar-refractivity contribution is 7.92. The van der Waals surface area contributed by atoms with E-state index >= 15 is 0 Å². The van der Waals surface area contributed by atoms with Crippen molar-refractivity contribution in [1.82, 2.24) is 4.98 Å². The largest absolute Gasteiger partial charge is 0.478 e. The molecule has 0 unspecified atom stereocenters. The molecule has 0 aliphatic rings. The molecule has 0 atom stereocenters. The van der Waals surface area contributed by atoms with Crippen molar-refractivity contribution in [3.63, 3.8) is 0 Å². The van der Waals surface area contributed by atoms with Gasteiger partial charge in [0.1, 0.15) is 27.1 Å². The first-order valence-electron chi connectivity index (χ1n) is 5.70. The number of nitrogens with one attached hydrogen (secondary N) is 1. The predicted molar refractivity (Wildman–Crippen MR) is 75.2 cm³/mol. The van der Waals surface area contributed by atoms with Gasteiger partial charge in [0.25, 0.3) is 10.0 Å². The van der Waals surface area contributed by atoms with Crippen LogP contribution in [0.2, 0.25) is 5.15 Å². The molecule has 0 fully saturated rings. The summed E-state index contributed by atoms with van der Waals surface area (Å²) in [6, 6.07) is 2.82. The second-order valence-electron chi connectivity index (χ2n) is 4.20. The maximum absolute atomic E-state index is 12.4. The van der Waals surface area contributed by atoms with Gasteiger partial charge in [-0.2, -0.15) is 0 Å². The lowest BCUT2D eigenvalue weighted by molar-refractivity contribution is 0.0691. The summed E-state index contributed by atoms with van der Waals surface area (Å²) in [5, 5.41) is 9.35. The number of furan rings is 1. The van der Waals surface area contributed by atoms with Crippen LogP contribution in [0.1, 0.15) is 21.9 Å². The number of carboxylic acid groups (broad SMARTS) is 1. The number of nitrogens with zero attached hydrogens (tertiary/aromatic N) is 1. The van der Waals surface area contributed by atoms with Gasteiger partial charge in [0.05, 0.1) is 11.9 Å². The van der Waals surface area contributed by atoms with Crippen LogP contribution in [0.5, 0.6) is 0 Å². The van der Waals surface area contributed by atoms with Gasteiger partial charge in [-0.25, -0.2) is 18.2 Å². The molecule has 7 nitrogen and oxygen atoms in total. The Kier molecular flexibility index (Phi) is 3.93. The maximum atomic E-state index is 12.4. The molecule has 112 valence electrons. The second-order valence-corrected chi connectivity index (χ2v) is 6.21. The van der Waals surface area contributed by atoms with E-state index in [4.69, 9.17) is 21.1 Å². The molecule has 0 saturated heterocycles. The van der Waals surface area contributed by atoms with E-state index in [0.717, 1.165) is 0 Å². The Bertz CT molecular complexity index is 796. The van der Waals surface area contributed by atoms with E-state index in [1.807, 2.05) is 0 Å². The number of hydrogen-bond acceptors (Lipinski definition) is 5.